The van der Waals surface area contributed by atoms with Crippen LogP contribution in [0.2, 0.25) is 0 Å². The summed E-state index contributed by atoms with van der Waals surface area (Å²) in [6.45, 7) is 1.74. The highest BCUT2D eigenvalue weighted by atomic mass is 19.4. The Morgan fingerprint density at radius 2 is 1.88 bits per heavy atom. The highest BCUT2D eigenvalue weighted by Crippen LogP contribution is 2.36. The van der Waals surface area contributed by atoms with Gasteiger partial charge < -0.3 is 14.6 Å². The summed E-state index contributed by atoms with van der Waals surface area (Å²) in [6, 6.07) is 9.02. The van der Waals surface area contributed by atoms with Crippen molar-refractivity contribution in [3.8, 4) is 22.6 Å². The number of nitrogens with zero attached hydrogens (tertiary/aromatic N) is 5. The molecular formula is C23H19F3N6O. The fourth-order valence-corrected chi connectivity index (χ4v) is 3.76. The number of nitrogens with one attached hydrogen (secondary N) is 1. The van der Waals surface area contributed by atoms with E-state index >= 15 is 0 Å². The van der Waals surface area contributed by atoms with Gasteiger partial charge in [-0.1, -0.05) is 11.2 Å². The molecule has 0 bridgehead atoms. The third-order valence-corrected chi connectivity index (χ3v) is 5.41. The van der Waals surface area contributed by atoms with Crippen molar-refractivity contribution in [2.45, 2.75) is 19.1 Å². The molecule has 0 aliphatic carbocycles. The van der Waals surface area contributed by atoms with Crippen molar-refractivity contribution in [1.82, 2.24) is 25.1 Å². The summed E-state index contributed by atoms with van der Waals surface area (Å²) in [6.07, 6.45) is 1.09. The monoisotopic (exact) mass is 452 g/mol. The van der Waals surface area contributed by atoms with Crippen molar-refractivity contribution < 1.29 is 17.6 Å². The Balaban J connectivity index is 1.45. The van der Waals surface area contributed by atoms with E-state index in [0.717, 1.165) is 42.9 Å². The van der Waals surface area contributed by atoms with Crippen LogP contribution in [0.1, 0.15) is 16.8 Å². The third kappa shape index (κ3) is 4.56. The Hall–Kier alpha value is -3.79. The summed E-state index contributed by atoms with van der Waals surface area (Å²) in [5.74, 6) is -0.0283. The number of pyridine rings is 2. The predicted molar refractivity (Wildman–Crippen MR) is 116 cm³/mol. The molecule has 1 aliphatic rings. The standard InChI is InChI=1S/C23H19F3N6O/c1-32-6-4-20-17(13-32)10-19(12-28-20)29-22-31-30-21(33-22)16-7-15(14-3-2-5-27-11-14)8-18(9-16)23(24,25)26/h2-3,5,7-12H,4,6,13H2,1H3,(H,29,31). The summed E-state index contributed by atoms with van der Waals surface area (Å²) < 4.78 is 46.2. The topological polar surface area (TPSA) is 80.0 Å². The molecule has 0 unspecified atom stereocenters. The molecule has 1 aromatic carbocycles. The molecule has 10 heteroatoms. The van der Waals surface area contributed by atoms with E-state index in [0.29, 0.717) is 16.8 Å². The van der Waals surface area contributed by atoms with Crippen molar-refractivity contribution in [2.75, 3.05) is 18.9 Å². The first-order valence-corrected chi connectivity index (χ1v) is 10.2. The Morgan fingerprint density at radius 1 is 1.03 bits per heavy atom. The third-order valence-electron chi connectivity index (χ3n) is 5.41. The molecule has 0 radical (unpaired) electrons. The molecule has 1 N–H and O–H groups in total. The lowest BCUT2D eigenvalue weighted by Gasteiger charge is -2.24. The quantitative estimate of drug-likeness (QED) is 0.470. The van der Waals surface area contributed by atoms with Gasteiger partial charge in [0.1, 0.15) is 0 Å². The van der Waals surface area contributed by atoms with Crippen LogP contribution in [0, 0.1) is 0 Å². The lowest BCUT2D eigenvalue weighted by molar-refractivity contribution is -0.137. The Labute approximate surface area is 187 Å². The molecule has 3 aromatic heterocycles. The highest BCUT2D eigenvalue weighted by Gasteiger charge is 2.32. The number of alkyl halides is 3. The number of halogens is 3. The number of likely N-dealkylation sites (N-methyl/N-ethyl adjacent to an activating group) is 1. The van der Waals surface area contributed by atoms with Crippen molar-refractivity contribution in [1.29, 1.82) is 0 Å². The van der Waals surface area contributed by atoms with Gasteiger partial charge in [0.25, 0.3) is 0 Å². The van der Waals surface area contributed by atoms with Crippen molar-refractivity contribution in [3.05, 3.63) is 71.8 Å². The molecule has 0 fully saturated rings. The molecule has 0 atom stereocenters. The van der Waals surface area contributed by atoms with Crippen LogP contribution in [0.25, 0.3) is 22.6 Å². The molecule has 4 heterocycles. The number of hydrogen-bond donors (Lipinski definition) is 1. The number of aromatic nitrogens is 4. The van der Waals surface area contributed by atoms with Crippen LogP contribution in [0.5, 0.6) is 0 Å². The second-order valence-corrected chi connectivity index (χ2v) is 7.89. The summed E-state index contributed by atoms with van der Waals surface area (Å²) in [5.41, 5.74) is 3.07. The fraction of sp³-hybridized carbons (Fsp3) is 0.217. The second kappa shape index (κ2) is 8.28. The normalized spacial score (nSPS) is 14.2. The first-order valence-electron chi connectivity index (χ1n) is 10.2. The summed E-state index contributed by atoms with van der Waals surface area (Å²) in [5, 5.41) is 10.9. The SMILES string of the molecule is CN1CCc2ncc(Nc3nnc(-c4cc(-c5cccnc5)cc(C(F)(F)F)c4)o3)cc2C1. The van der Waals surface area contributed by atoms with E-state index in [1.54, 1.807) is 30.6 Å². The van der Waals surface area contributed by atoms with E-state index in [1.165, 1.54) is 6.20 Å². The van der Waals surface area contributed by atoms with Crippen LogP contribution in [0.15, 0.2) is 59.4 Å². The van der Waals surface area contributed by atoms with Crippen LogP contribution in [-0.4, -0.2) is 38.7 Å². The van der Waals surface area contributed by atoms with Crippen LogP contribution in [-0.2, 0) is 19.1 Å². The van der Waals surface area contributed by atoms with Gasteiger partial charge in [-0.15, -0.1) is 5.10 Å². The van der Waals surface area contributed by atoms with Crippen LogP contribution < -0.4 is 5.32 Å². The van der Waals surface area contributed by atoms with E-state index in [-0.39, 0.29) is 17.5 Å². The molecule has 0 saturated carbocycles. The van der Waals surface area contributed by atoms with Gasteiger partial charge in [-0.05, 0) is 48.5 Å². The maximum atomic E-state index is 13.5. The van der Waals surface area contributed by atoms with Crippen molar-refractivity contribution in [3.63, 3.8) is 0 Å². The molecular weight excluding hydrogens is 433 g/mol. The molecule has 7 nitrogen and oxygen atoms in total. The van der Waals surface area contributed by atoms with E-state index in [9.17, 15) is 13.2 Å². The van der Waals surface area contributed by atoms with Crippen LogP contribution >= 0.6 is 0 Å². The lowest BCUT2D eigenvalue weighted by Crippen LogP contribution is -2.27. The number of fused-ring (bicyclic) bond motifs is 1. The van der Waals surface area contributed by atoms with Gasteiger partial charge in [-0.25, -0.2) is 0 Å². The van der Waals surface area contributed by atoms with Gasteiger partial charge in [0, 0.05) is 48.7 Å². The van der Waals surface area contributed by atoms with Crippen LogP contribution in [0.3, 0.4) is 0 Å². The average molecular weight is 452 g/mol. The number of hydrogen-bond acceptors (Lipinski definition) is 7. The van der Waals surface area contributed by atoms with Crippen molar-refractivity contribution in [2.24, 2.45) is 0 Å². The predicted octanol–water partition coefficient (Wildman–Crippen LogP) is 4.94. The van der Waals surface area contributed by atoms with Gasteiger partial charge in [0.2, 0.25) is 5.89 Å². The Kier molecular flexibility index (Phi) is 5.29. The Bertz CT molecular complexity index is 1290. The molecule has 33 heavy (non-hydrogen) atoms. The molecule has 0 spiro atoms. The molecule has 0 saturated heterocycles. The zero-order valence-corrected chi connectivity index (χ0v) is 17.6. The lowest BCUT2D eigenvalue weighted by atomic mass is 10.0. The minimum absolute atomic E-state index is 0.0283. The van der Waals surface area contributed by atoms with E-state index in [2.05, 4.69) is 30.4 Å². The fourth-order valence-electron chi connectivity index (χ4n) is 3.76. The van der Waals surface area contributed by atoms with Gasteiger partial charge in [-0.2, -0.15) is 13.2 Å². The second-order valence-electron chi connectivity index (χ2n) is 7.89. The average Bonchev–Trinajstić information content (AvgIpc) is 3.27. The zero-order chi connectivity index (χ0) is 23.0. The van der Waals surface area contributed by atoms with Gasteiger partial charge in [0.15, 0.2) is 0 Å². The maximum absolute atomic E-state index is 13.5. The molecule has 1 aliphatic heterocycles. The first-order chi connectivity index (χ1) is 15.8. The number of anilines is 2. The smallest absolute Gasteiger partial charge is 0.403 e. The summed E-state index contributed by atoms with van der Waals surface area (Å²) in [4.78, 5) is 10.7. The Morgan fingerprint density at radius 3 is 2.67 bits per heavy atom. The molecule has 168 valence electrons. The van der Waals surface area contributed by atoms with E-state index in [4.69, 9.17) is 4.42 Å². The first kappa shape index (κ1) is 21.1. The van der Waals surface area contributed by atoms with Gasteiger partial charge >= 0.3 is 12.2 Å². The molecule has 4 aromatic rings. The number of rotatable bonds is 4. The minimum Gasteiger partial charge on any atom is -0.403 e. The maximum Gasteiger partial charge on any atom is 0.416 e. The van der Waals surface area contributed by atoms with Gasteiger partial charge in [0.05, 0.1) is 17.4 Å². The largest absolute Gasteiger partial charge is 0.416 e. The summed E-state index contributed by atoms with van der Waals surface area (Å²) in [7, 11) is 2.04. The zero-order valence-electron chi connectivity index (χ0n) is 17.6. The summed E-state index contributed by atoms with van der Waals surface area (Å²) >= 11 is 0. The molecule has 0 amide bonds. The van der Waals surface area contributed by atoms with Crippen molar-refractivity contribution >= 4 is 11.7 Å². The highest BCUT2D eigenvalue weighted by molar-refractivity contribution is 5.71. The minimum atomic E-state index is -4.53. The van der Waals surface area contributed by atoms with Crippen LogP contribution in [0.4, 0.5) is 24.9 Å². The molecule has 5 rings (SSSR count). The van der Waals surface area contributed by atoms with Gasteiger partial charge in [-0.3, -0.25) is 9.97 Å². The number of benzene rings is 1. The van der Waals surface area contributed by atoms with E-state index in [1.807, 2.05) is 13.1 Å². The van der Waals surface area contributed by atoms with E-state index < -0.39 is 11.7 Å².